The number of halogens is 4. The van der Waals surface area contributed by atoms with E-state index in [1.54, 1.807) is 0 Å². The maximum Gasteiger partial charge on any atom is 0.426 e. The fraction of sp³-hybridized carbons (Fsp3) is 0.778. The molecular weight excluding hydrogens is 201 g/mol. The quantitative estimate of drug-likeness (QED) is 0.617. The summed E-state index contributed by atoms with van der Waals surface area (Å²) < 4.78 is 36.0. The molecule has 1 aliphatic carbocycles. The van der Waals surface area contributed by atoms with Gasteiger partial charge in [-0.25, -0.2) is 0 Å². The Morgan fingerprint density at radius 1 is 1.38 bits per heavy atom. The van der Waals surface area contributed by atoms with Gasteiger partial charge in [0, 0.05) is 0 Å². The van der Waals surface area contributed by atoms with Crippen molar-refractivity contribution < 1.29 is 13.2 Å². The van der Waals surface area contributed by atoms with Crippen molar-refractivity contribution in [3.8, 4) is 0 Å². The normalized spacial score (nSPS) is 33.3. The van der Waals surface area contributed by atoms with Crippen molar-refractivity contribution in [2.75, 3.05) is 0 Å². The van der Waals surface area contributed by atoms with Crippen molar-refractivity contribution >= 4 is 11.6 Å². The van der Waals surface area contributed by atoms with Crippen LogP contribution in [-0.4, -0.2) is 6.18 Å². The summed E-state index contributed by atoms with van der Waals surface area (Å²) in [6, 6.07) is 0. The Balaban J connectivity index is 2.70. The lowest BCUT2D eigenvalue weighted by molar-refractivity contribution is -0.0848. The summed E-state index contributed by atoms with van der Waals surface area (Å²) in [6.07, 6.45) is -3.26. The highest BCUT2D eigenvalue weighted by Crippen LogP contribution is 2.59. The van der Waals surface area contributed by atoms with Gasteiger partial charge in [-0.05, 0) is 17.3 Å². The fourth-order valence-corrected chi connectivity index (χ4v) is 1.69. The third-order valence-corrected chi connectivity index (χ3v) is 3.40. The van der Waals surface area contributed by atoms with Crippen LogP contribution in [-0.2, 0) is 0 Å². The Morgan fingerprint density at radius 2 is 1.77 bits per heavy atom. The van der Waals surface area contributed by atoms with Gasteiger partial charge < -0.3 is 0 Å². The molecule has 0 aromatic heterocycles. The van der Waals surface area contributed by atoms with Gasteiger partial charge in [0.25, 0.3) is 0 Å². The van der Waals surface area contributed by atoms with E-state index in [1.807, 2.05) is 20.8 Å². The van der Waals surface area contributed by atoms with E-state index in [0.717, 1.165) is 6.08 Å². The van der Waals surface area contributed by atoms with Gasteiger partial charge in [0.1, 0.15) is 5.03 Å². The zero-order valence-corrected chi connectivity index (χ0v) is 8.50. The number of rotatable bonds is 1. The lowest BCUT2D eigenvalue weighted by Gasteiger charge is -2.04. The molecular formula is C9H12ClF3. The second kappa shape index (κ2) is 2.91. The lowest BCUT2D eigenvalue weighted by Crippen LogP contribution is -2.07. The van der Waals surface area contributed by atoms with Crippen LogP contribution >= 0.6 is 11.6 Å². The van der Waals surface area contributed by atoms with Gasteiger partial charge in [0.05, 0.1) is 0 Å². The molecule has 0 N–H and O–H groups in total. The summed E-state index contributed by atoms with van der Waals surface area (Å²) in [4.78, 5) is 0. The largest absolute Gasteiger partial charge is 0.426 e. The Kier molecular flexibility index (Phi) is 2.44. The molecule has 0 radical (unpaired) electrons. The molecule has 13 heavy (non-hydrogen) atoms. The molecule has 1 saturated carbocycles. The maximum absolute atomic E-state index is 12.0. The molecule has 0 aromatic rings. The van der Waals surface area contributed by atoms with E-state index in [0.29, 0.717) is 0 Å². The van der Waals surface area contributed by atoms with Gasteiger partial charge in [-0.3, -0.25) is 0 Å². The third kappa shape index (κ3) is 2.01. The van der Waals surface area contributed by atoms with Crippen LogP contribution in [0.2, 0.25) is 0 Å². The summed E-state index contributed by atoms with van der Waals surface area (Å²) in [5.41, 5.74) is -0.0363. The van der Waals surface area contributed by atoms with E-state index in [2.05, 4.69) is 0 Å². The molecule has 0 saturated heterocycles. The molecule has 1 rings (SSSR count). The van der Waals surface area contributed by atoms with Crippen LogP contribution in [0.25, 0.3) is 0 Å². The molecule has 1 aliphatic rings. The predicted octanol–water partition coefficient (Wildman–Crippen LogP) is 3.96. The maximum atomic E-state index is 12.0. The molecule has 0 heterocycles. The third-order valence-electron chi connectivity index (χ3n) is 3.06. The number of hydrogen-bond donors (Lipinski definition) is 0. The highest BCUT2D eigenvalue weighted by atomic mass is 35.5. The standard InChI is InChI=1S/C9H12ClF3/c1-5-6(8(5,2)3)4-7(10)9(11,12)13/h4-6H,1-3H3/t5-,6-/m1/s1. The number of allylic oxidation sites excluding steroid dienone is 2. The van der Waals surface area contributed by atoms with Crippen LogP contribution in [0.4, 0.5) is 13.2 Å². The highest BCUT2D eigenvalue weighted by molar-refractivity contribution is 6.30. The predicted molar refractivity (Wildman–Crippen MR) is 46.4 cm³/mol. The average molecular weight is 213 g/mol. The van der Waals surface area contributed by atoms with Crippen LogP contribution in [0.1, 0.15) is 20.8 Å². The van der Waals surface area contributed by atoms with E-state index >= 15 is 0 Å². The van der Waals surface area contributed by atoms with Gasteiger partial charge >= 0.3 is 6.18 Å². The summed E-state index contributed by atoms with van der Waals surface area (Å²) in [5, 5.41) is -0.991. The van der Waals surface area contributed by atoms with Gasteiger partial charge in [-0.1, -0.05) is 38.4 Å². The molecule has 0 aromatic carbocycles. The molecule has 0 amide bonds. The van der Waals surface area contributed by atoms with Crippen LogP contribution in [0.5, 0.6) is 0 Å². The topological polar surface area (TPSA) is 0 Å². The van der Waals surface area contributed by atoms with Gasteiger partial charge in [0.15, 0.2) is 0 Å². The monoisotopic (exact) mass is 212 g/mol. The van der Waals surface area contributed by atoms with Crippen molar-refractivity contribution in [3.05, 3.63) is 11.1 Å². The smallest absolute Gasteiger partial charge is 0.165 e. The first-order valence-electron chi connectivity index (χ1n) is 4.12. The Labute approximate surface area is 80.8 Å². The molecule has 0 spiro atoms. The second-order valence-electron chi connectivity index (χ2n) is 4.15. The highest BCUT2D eigenvalue weighted by Gasteiger charge is 2.54. The second-order valence-corrected chi connectivity index (χ2v) is 4.56. The van der Waals surface area contributed by atoms with Crippen molar-refractivity contribution in [1.82, 2.24) is 0 Å². The first-order valence-corrected chi connectivity index (χ1v) is 4.49. The summed E-state index contributed by atoms with van der Waals surface area (Å²) in [6.45, 7) is 5.82. The minimum atomic E-state index is -4.39. The van der Waals surface area contributed by atoms with Crippen molar-refractivity contribution in [1.29, 1.82) is 0 Å². The lowest BCUT2D eigenvalue weighted by atomic mass is 10.1. The van der Waals surface area contributed by atoms with Crippen LogP contribution in [0, 0.1) is 17.3 Å². The van der Waals surface area contributed by atoms with Crippen LogP contribution in [0.15, 0.2) is 11.1 Å². The van der Waals surface area contributed by atoms with Crippen molar-refractivity contribution in [3.63, 3.8) is 0 Å². The molecule has 0 aliphatic heterocycles. The number of alkyl halides is 3. The minimum Gasteiger partial charge on any atom is -0.165 e. The molecule has 76 valence electrons. The minimum absolute atomic E-state index is 0.0363. The van der Waals surface area contributed by atoms with E-state index < -0.39 is 11.2 Å². The Bertz CT molecular complexity index is 240. The van der Waals surface area contributed by atoms with Crippen LogP contribution in [0.3, 0.4) is 0 Å². The zero-order chi connectivity index (χ0) is 10.4. The summed E-state index contributed by atoms with van der Waals surface area (Å²) >= 11 is 5.12. The van der Waals surface area contributed by atoms with E-state index in [-0.39, 0.29) is 17.3 Å². The van der Waals surface area contributed by atoms with Crippen LogP contribution < -0.4 is 0 Å². The SMILES string of the molecule is C[C@@H]1[C@@H](C=C(Cl)C(F)(F)F)C1(C)C. The molecule has 0 bridgehead atoms. The van der Waals surface area contributed by atoms with E-state index in [4.69, 9.17) is 11.6 Å². The van der Waals surface area contributed by atoms with Crippen molar-refractivity contribution in [2.24, 2.45) is 17.3 Å². The molecule has 0 nitrogen and oxygen atoms in total. The molecule has 1 fully saturated rings. The summed E-state index contributed by atoms with van der Waals surface area (Å²) in [7, 11) is 0. The Morgan fingerprint density at radius 3 is 2.00 bits per heavy atom. The van der Waals surface area contributed by atoms with Crippen molar-refractivity contribution in [2.45, 2.75) is 26.9 Å². The zero-order valence-electron chi connectivity index (χ0n) is 7.74. The van der Waals surface area contributed by atoms with Gasteiger partial charge in [-0.2, -0.15) is 13.2 Å². The molecule has 0 unspecified atom stereocenters. The first-order chi connectivity index (χ1) is 5.67. The first kappa shape index (κ1) is 10.9. The average Bonchev–Trinajstić information content (AvgIpc) is 2.36. The Hall–Kier alpha value is -0.180. The van der Waals surface area contributed by atoms with E-state index in [1.165, 1.54) is 0 Å². The molecule has 4 heteroatoms. The summed E-state index contributed by atoms with van der Waals surface area (Å²) in [5.74, 6) is 0.241. The van der Waals surface area contributed by atoms with Gasteiger partial charge in [-0.15, -0.1) is 0 Å². The van der Waals surface area contributed by atoms with Gasteiger partial charge in [0.2, 0.25) is 0 Å². The molecule has 2 atom stereocenters. The van der Waals surface area contributed by atoms with E-state index in [9.17, 15) is 13.2 Å². The fourth-order valence-electron chi connectivity index (χ4n) is 1.55. The number of hydrogen-bond acceptors (Lipinski definition) is 0.